The van der Waals surface area contributed by atoms with Gasteiger partial charge >= 0.3 is 5.97 Å². The van der Waals surface area contributed by atoms with E-state index >= 15 is 0 Å². The van der Waals surface area contributed by atoms with E-state index in [0.717, 1.165) is 33.5 Å². The predicted molar refractivity (Wildman–Crippen MR) is 105 cm³/mol. The number of carboxylic acid groups (broad SMARTS) is 1. The van der Waals surface area contributed by atoms with E-state index < -0.39 is 11.9 Å². The zero-order valence-electron chi connectivity index (χ0n) is 16.3. The minimum Gasteiger partial charge on any atom is -0.481 e. The number of carbonyl (C=O) groups excluding carboxylic acids is 1. The van der Waals surface area contributed by atoms with Gasteiger partial charge in [-0.05, 0) is 43.9 Å². The molecule has 1 N–H and O–H groups in total. The largest absolute Gasteiger partial charge is 0.481 e. The van der Waals surface area contributed by atoms with Gasteiger partial charge in [0.1, 0.15) is 0 Å². The molecule has 0 saturated carbocycles. The number of fused-ring (bicyclic) bond motifs is 3. The number of amides is 1. The Kier molecular flexibility index (Phi) is 4.53. The van der Waals surface area contributed by atoms with Crippen LogP contribution in [0, 0.1) is 25.7 Å². The van der Waals surface area contributed by atoms with Crippen molar-refractivity contribution in [2.75, 3.05) is 13.1 Å². The second-order valence-electron chi connectivity index (χ2n) is 7.73. The number of benzene rings is 1. The van der Waals surface area contributed by atoms with Crippen molar-refractivity contribution < 1.29 is 14.7 Å². The molecule has 0 aliphatic carbocycles. The summed E-state index contributed by atoms with van der Waals surface area (Å²) < 4.78 is 1.86. The van der Waals surface area contributed by atoms with Gasteiger partial charge in [-0.2, -0.15) is 5.10 Å². The molecule has 0 unspecified atom stereocenters. The van der Waals surface area contributed by atoms with Crippen molar-refractivity contribution in [3.05, 3.63) is 41.2 Å². The maximum atomic E-state index is 12.6. The molecule has 146 valence electrons. The lowest BCUT2D eigenvalue weighted by molar-refractivity contribution is -0.142. The van der Waals surface area contributed by atoms with Crippen LogP contribution >= 0.6 is 0 Å². The number of likely N-dealkylation sites (tertiary alicyclic amines) is 1. The summed E-state index contributed by atoms with van der Waals surface area (Å²) in [5.41, 5.74) is 4.65. The van der Waals surface area contributed by atoms with Gasteiger partial charge in [-0.3, -0.25) is 9.59 Å². The number of aromatic nitrogens is 3. The van der Waals surface area contributed by atoms with Crippen LogP contribution in [0.3, 0.4) is 0 Å². The molecule has 28 heavy (non-hydrogen) atoms. The lowest BCUT2D eigenvalue weighted by atomic mass is 9.99. The van der Waals surface area contributed by atoms with E-state index in [1.165, 1.54) is 0 Å². The Morgan fingerprint density at radius 3 is 2.68 bits per heavy atom. The Bertz CT molecular complexity index is 1090. The first kappa shape index (κ1) is 18.4. The molecular weight excluding hydrogens is 356 g/mol. The lowest BCUT2D eigenvalue weighted by Crippen LogP contribution is -2.30. The molecule has 1 saturated heterocycles. The summed E-state index contributed by atoms with van der Waals surface area (Å²) in [6.07, 6.45) is 0.910. The third-order valence-corrected chi connectivity index (χ3v) is 5.89. The van der Waals surface area contributed by atoms with E-state index in [9.17, 15) is 14.7 Å². The first-order valence-electron chi connectivity index (χ1n) is 9.61. The highest BCUT2D eigenvalue weighted by atomic mass is 16.4. The van der Waals surface area contributed by atoms with Crippen LogP contribution in [0.5, 0.6) is 0 Å². The molecule has 7 heteroatoms. The number of carboxylic acids is 1. The molecule has 7 nitrogen and oxygen atoms in total. The zero-order valence-corrected chi connectivity index (χ0v) is 16.3. The predicted octanol–water partition coefficient (Wildman–Crippen LogP) is 2.61. The van der Waals surface area contributed by atoms with Crippen LogP contribution < -0.4 is 0 Å². The first-order valence-corrected chi connectivity index (χ1v) is 9.61. The van der Waals surface area contributed by atoms with Crippen molar-refractivity contribution in [1.82, 2.24) is 19.5 Å². The van der Waals surface area contributed by atoms with Gasteiger partial charge < -0.3 is 10.0 Å². The molecule has 4 rings (SSSR count). The highest BCUT2D eigenvalue weighted by molar-refractivity contribution is 5.92. The van der Waals surface area contributed by atoms with Crippen LogP contribution in [0.4, 0.5) is 0 Å². The molecule has 1 fully saturated rings. The number of aryl methyl sites for hydroxylation is 2. The molecule has 1 amide bonds. The fraction of sp³-hybridized carbons (Fsp3) is 0.429. The van der Waals surface area contributed by atoms with Gasteiger partial charge in [0.05, 0.1) is 11.4 Å². The summed E-state index contributed by atoms with van der Waals surface area (Å²) in [6, 6.07) is 7.91. The molecule has 0 spiro atoms. The summed E-state index contributed by atoms with van der Waals surface area (Å²) in [7, 11) is 0. The summed E-state index contributed by atoms with van der Waals surface area (Å²) >= 11 is 0. The molecular formula is C21H24N4O3. The molecule has 0 bridgehead atoms. The Balaban J connectivity index is 1.56. The molecule has 3 heterocycles. The Morgan fingerprint density at radius 1 is 1.21 bits per heavy atom. The number of hydrogen-bond donors (Lipinski definition) is 1. The summed E-state index contributed by atoms with van der Waals surface area (Å²) in [5, 5.41) is 14.9. The fourth-order valence-electron chi connectivity index (χ4n) is 4.22. The molecule has 1 aromatic carbocycles. The van der Waals surface area contributed by atoms with Crippen LogP contribution in [0.15, 0.2) is 24.3 Å². The maximum Gasteiger partial charge on any atom is 0.308 e. The van der Waals surface area contributed by atoms with Gasteiger partial charge in [0.15, 0.2) is 5.65 Å². The quantitative estimate of drug-likeness (QED) is 0.752. The van der Waals surface area contributed by atoms with Gasteiger partial charge in [-0.15, -0.1) is 0 Å². The van der Waals surface area contributed by atoms with Crippen molar-refractivity contribution in [3.63, 3.8) is 0 Å². The smallest absolute Gasteiger partial charge is 0.308 e. The van der Waals surface area contributed by atoms with Crippen LogP contribution in [0.25, 0.3) is 16.6 Å². The van der Waals surface area contributed by atoms with E-state index in [1.54, 1.807) is 4.90 Å². The molecule has 0 radical (unpaired) electrons. The molecule has 1 aliphatic heterocycles. The van der Waals surface area contributed by atoms with Crippen molar-refractivity contribution in [2.24, 2.45) is 11.8 Å². The van der Waals surface area contributed by atoms with E-state index in [4.69, 9.17) is 4.98 Å². The SMILES string of the molecule is Cc1nc2c3ccccc3nn2c(C)c1CCC(=O)N1C[C@@H](C)[C@H](C(=O)O)C1. The van der Waals surface area contributed by atoms with Gasteiger partial charge in [-0.1, -0.05) is 19.1 Å². The van der Waals surface area contributed by atoms with Gasteiger partial charge in [0.25, 0.3) is 0 Å². The molecule has 2 aromatic heterocycles. The second kappa shape index (κ2) is 6.89. The summed E-state index contributed by atoms with van der Waals surface area (Å²) in [5.74, 6) is -1.31. The van der Waals surface area contributed by atoms with E-state index in [-0.39, 0.29) is 11.8 Å². The van der Waals surface area contributed by atoms with Crippen molar-refractivity contribution in [1.29, 1.82) is 0 Å². The van der Waals surface area contributed by atoms with Crippen LogP contribution in [0.2, 0.25) is 0 Å². The summed E-state index contributed by atoms with van der Waals surface area (Å²) in [4.78, 5) is 30.4. The lowest BCUT2D eigenvalue weighted by Gasteiger charge is -2.17. The maximum absolute atomic E-state index is 12.6. The van der Waals surface area contributed by atoms with Crippen molar-refractivity contribution in [3.8, 4) is 0 Å². The third-order valence-electron chi connectivity index (χ3n) is 5.89. The third kappa shape index (κ3) is 3.00. The van der Waals surface area contributed by atoms with Crippen LogP contribution in [-0.2, 0) is 16.0 Å². The number of nitrogens with zero attached hydrogens (tertiary/aromatic N) is 4. The molecule has 2 atom stereocenters. The molecule has 3 aromatic rings. The minimum absolute atomic E-state index is 0.000114. The Hall–Kier alpha value is -2.96. The van der Waals surface area contributed by atoms with E-state index in [0.29, 0.717) is 25.9 Å². The number of rotatable bonds is 4. The Morgan fingerprint density at radius 2 is 1.96 bits per heavy atom. The zero-order chi connectivity index (χ0) is 20.0. The van der Waals surface area contributed by atoms with E-state index in [1.807, 2.05) is 49.6 Å². The number of aliphatic carboxylic acids is 1. The van der Waals surface area contributed by atoms with Crippen LogP contribution in [0.1, 0.15) is 30.3 Å². The Labute approximate surface area is 163 Å². The highest BCUT2D eigenvalue weighted by Gasteiger charge is 2.36. The van der Waals surface area contributed by atoms with E-state index in [2.05, 4.69) is 5.10 Å². The van der Waals surface area contributed by atoms with Crippen LogP contribution in [-0.4, -0.2) is 49.6 Å². The fourth-order valence-corrected chi connectivity index (χ4v) is 4.22. The molecule has 1 aliphatic rings. The average molecular weight is 380 g/mol. The van der Waals surface area contributed by atoms with Gasteiger partial charge in [0.2, 0.25) is 5.91 Å². The number of hydrogen-bond acceptors (Lipinski definition) is 4. The minimum atomic E-state index is -0.824. The van der Waals surface area contributed by atoms with Crippen molar-refractivity contribution in [2.45, 2.75) is 33.6 Å². The normalized spacial score (nSPS) is 19.6. The summed E-state index contributed by atoms with van der Waals surface area (Å²) in [6.45, 7) is 6.67. The van der Waals surface area contributed by atoms with Gasteiger partial charge in [0, 0.05) is 36.3 Å². The standard InChI is InChI=1S/C21H24N4O3/c1-12-10-24(11-17(12)21(27)28)19(26)9-8-15-13(2)22-20-16-6-4-5-7-18(16)23-25(20)14(15)3/h4-7,12,17H,8-11H2,1-3H3,(H,27,28)/t12-,17-/m1/s1. The average Bonchev–Trinajstić information content (AvgIpc) is 3.22. The van der Waals surface area contributed by atoms with Crippen molar-refractivity contribution >= 4 is 28.4 Å². The number of carbonyl (C=O) groups is 2. The monoisotopic (exact) mass is 380 g/mol. The first-order chi connectivity index (χ1) is 13.4. The highest BCUT2D eigenvalue weighted by Crippen LogP contribution is 2.26. The topological polar surface area (TPSA) is 87.8 Å². The second-order valence-corrected chi connectivity index (χ2v) is 7.73. The van der Waals surface area contributed by atoms with Gasteiger partial charge in [-0.25, -0.2) is 9.50 Å².